The number of carbonyl (C=O) groups is 2. The molecule has 0 spiro atoms. The molecule has 1 rings (SSSR count). The van der Waals surface area contributed by atoms with E-state index in [2.05, 4.69) is 0 Å². The first-order valence-corrected chi connectivity index (χ1v) is 6.71. The van der Waals surface area contributed by atoms with Gasteiger partial charge in [0.05, 0.1) is 12.1 Å². The quantitative estimate of drug-likeness (QED) is 0.598. The second kappa shape index (κ2) is 5.67. The van der Waals surface area contributed by atoms with Gasteiger partial charge in [-0.3, -0.25) is 0 Å². The van der Waals surface area contributed by atoms with Gasteiger partial charge in [-0.05, 0) is 34.1 Å². The molecule has 0 aromatic heterocycles. The van der Waals surface area contributed by atoms with Crippen molar-refractivity contribution in [3.05, 3.63) is 0 Å². The van der Waals surface area contributed by atoms with Crippen molar-refractivity contribution in [2.24, 2.45) is 5.92 Å². The Balaban J connectivity index is 2.82. The first-order chi connectivity index (χ1) is 8.96. The van der Waals surface area contributed by atoms with Crippen LogP contribution in [0, 0.1) is 5.92 Å². The average Bonchev–Trinajstić information content (AvgIpc) is 2.37. The Kier molecular flexibility index (Phi) is 4.78. The molecule has 1 atom stereocenters. The maximum absolute atomic E-state index is 12.3. The van der Waals surface area contributed by atoms with Gasteiger partial charge in [-0.15, -0.1) is 10.3 Å². The molecule has 0 bridgehead atoms. The second-order valence-corrected chi connectivity index (χ2v) is 6.76. The van der Waals surface area contributed by atoms with Gasteiger partial charge in [-0.25, -0.2) is 9.59 Å². The first-order valence-electron chi connectivity index (χ1n) is 6.71. The van der Waals surface area contributed by atoms with Crippen LogP contribution in [0.25, 0.3) is 0 Å². The number of carboxylic acid groups (broad SMARTS) is 2. The summed E-state index contributed by atoms with van der Waals surface area (Å²) in [6.07, 6.45) is 0.631. The smallest absolute Gasteiger partial charge is 0.359 e. The molecule has 1 saturated heterocycles. The van der Waals surface area contributed by atoms with Crippen LogP contribution in [0.5, 0.6) is 0 Å². The zero-order valence-corrected chi connectivity index (χ0v) is 12.5. The fourth-order valence-corrected chi connectivity index (χ4v) is 3.19. The first kappa shape index (κ1) is 16.9. The highest BCUT2D eigenvalue weighted by Crippen LogP contribution is 2.42. The van der Waals surface area contributed by atoms with Gasteiger partial charge >= 0.3 is 11.9 Å². The number of aliphatic carboxylic acids is 2. The number of quaternary nitrogens is 1. The summed E-state index contributed by atoms with van der Waals surface area (Å²) in [7, 11) is 0. The standard InChI is InChI=1S/C13H23N2O5/c1-12(2)5-9(13(3,4)15(12)20)6-14(7-10(16)17)8-11(18)19/h9H,5-8H2,1-4H3,(H,16,17)(H,18,19)/p+1. The Labute approximate surface area is 118 Å². The van der Waals surface area contributed by atoms with Crippen LogP contribution >= 0.6 is 0 Å². The van der Waals surface area contributed by atoms with Crippen LogP contribution in [0.1, 0.15) is 34.1 Å². The Hall–Kier alpha value is -1.18. The summed E-state index contributed by atoms with van der Waals surface area (Å²) in [5, 5.41) is 31.1. The van der Waals surface area contributed by atoms with E-state index in [1.54, 1.807) is 0 Å². The zero-order valence-electron chi connectivity index (χ0n) is 12.5. The Morgan fingerprint density at radius 1 is 1.15 bits per heavy atom. The monoisotopic (exact) mass is 288 g/mol. The average molecular weight is 288 g/mol. The van der Waals surface area contributed by atoms with E-state index in [9.17, 15) is 14.8 Å². The summed E-state index contributed by atoms with van der Waals surface area (Å²) in [4.78, 5) is 22.1. The number of hydrogen-bond acceptors (Lipinski definition) is 3. The van der Waals surface area contributed by atoms with Crippen molar-refractivity contribution >= 4 is 11.9 Å². The molecule has 115 valence electrons. The molecule has 0 saturated carbocycles. The van der Waals surface area contributed by atoms with Gasteiger partial charge in [0, 0.05) is 11.5 Å². The minimum atomic E-state index is -1.03. The van der Waals surface area contributed by atoms with E-state index in [4.69, 9.17) is 10.2 Å². The molecule has 1 aliphatic rings. The highest BCUT2D eigenvalue weighted by molar-refractivity contribution is 5.69. The van der Waals surface area contributed by atoms with Gasteiger partial charge < -0.3 is 15.1 Å². The van der Waals surface area contributed by atoms with E-state index in [1.165, 1.54) is 0 Å². The van der Waals surface area contributed by atoms with E-state index in [-0.39, 0.29) is 19.0 Å². The molecule has 1 aliphatic heterocycles. The lowest BCUT2D eigenvalue weighted by atomic mass is 9.86. The lowest BCUT2D eigenvalue weighted by Crippen LogP contribution is -3.14. The number of nitrogens with zero attached hydrogens (tertiary/aromatic N) is 1. The summed E-state index contributed by atoms with van der Waals surface area (Å²) < 4.78 is 0. The van der Waals surface area contributed by atoms with Gasteiger partial charge in [0.15, 0.2) is 13.1 Å². The fraction of sp³-hybridized carbons (Fsp3) is 0.846. The maximum atomic E-state index is 12.3. The van der Waals surface area contributed by atoms with Crippen LogP contribution in [0.3, 0.4) is 0 Å². The molecule has 0 amide bonds. The van der Waals surface area contributed by atoms with E-state index in [0.29, 0.717) is 17.9 Å². The van der Waals surface area contributed by atoms with E-state index >= 15 is 0 Å². The molecule has 0 aromatic carbocycles. The molecule has 1 heterocycles. The van der Waals surface area contributed by atoms with Crippen molar-refractivity contribution < 1.29 is 29.9 Å². The summed E-state index contributed by atoms with van der Waals surface area (Å²) in [5.41, 5.74) is -1.13. The molecular weight excluding hydrogens is 264 g/mol. The van der Waals surface area contributed by atoms with Crippen molar-refractivity contribution in [1.29, 1.82) is 0 Å². The number of hydrogen-bond donors (Lipinski definition) is 3. The lowest BCUT2D eigenvalue weighted by Gasteiger charge is -2.34. The predicted octanol–water partition coefficient (Wildman–Crippen LogP) is -0.735. The van der Waals surface area contributed by atoms with Crippen molar-refractivity contribution in [3.63, 3.8) is 0 Å². The second-order valence-electron chi connectivity index (χ2n) is 6.76. The highest BCUT2D eigenvalue weighted by Gasteiger charge is 2.53. The van der Waals surface area contributed by atoms with Crippen LogP contribution in [-0.4, -0.2) is 57.9 Å². The molecule has 1 fully saturated rings. The van der Waals surface area contributed by atoms with Crippen molar-refractivity contribution in [3.8, 4) is 0 Å². The van der Waals surface area contributed by atoms with Gasteiger partial charge in [0.1, 0.15) is 0 Å². The number of nitrogens with one attached hydrogen (secondary N) is 1. The molecule has 3 N–H and O–H groups in total. The van der Waals surface area contributed by atoms with Gasteiger partial charge in [0.2, 0.25) is 0 Å². The van der Waals surface area contributed by atoms with Crippen molar-refractivity contribution in [1.82, 2.24) is 5.06 Å². The van der Waals surface area contributed by atoms with Crippen LogP contribution in [0.15, 0.2) is 0 Å². The molecule has 7 heteroatoms. The van der Waals surface area contributed by atoms with Crippen LogP contribution < -0.4 is 4.90 Å². The molecule has 20 heavy (non-hydrogen) atoms. The zero-order chi connectivity index (χ0) is 15.7. The van der Waals surface area contributed by atoms with E-state index in [0.717, 1.165) is 5.06 Å². The summed E-state index contributed by atoms with van der Waals surface area (Å²) in [6.45, 7) is 7.24. The van der Waals surface area contributed by atoms with Crippen LogP contribution in [0.2, 0.25) is 0 Å². The minimum Gasteiger partial charge on any atom is -0.477 e. The Morgan fingerprint density at radius 3 is 1.90 bits per heavy atom. The fourth-order valence-electron chi connectivity index (χ4n) is 3.19. The Bertz CT molecular complexity index is 378. The molecule has 1 unspecified atom stereocenters. The van der Waals surface area contributed by atoms with Crippen molar-refractivity contribution in [2.75, 3.05) is 19.6 Å². The highest BCUT2D eigenvalue weighted by atomic mass is 16.5. The third-order valence-electron chi connectivity index (χ3n) is 4.16. The Morgan fingerprint density at radius 2 is 1.60 bits per heavy atom. The van der Waals surface area contributed by atoms with Crippen molar-refractivity contribution in [2.45, 2.75) is 45.2 Å². The molecule has 7 nitrogen and oxygen atoms in total. The number of hydroxylamine groups is 2. The van der Waals surface area contributed by atoms with Crippen LogP contribution in [-0.2, 0) is 14.8 Å². The third-order valence-corrected chi connectivity index (χ3v) is 4.16. The maximum Gasteiger partial charge on any atom is 0.359 e. The van der Waals surface area contributed by atoms with Gasteiger partial charge in [0.25, 0.3) is 0 Å². The van der Waals surface area contributed by atoms with E-state index < -0.39 is 23.0 Å². The van der Waals surface area contributed by atoms with Crippen LogP contribution in [0.4, 0.5) is 0 Å². The SMILES string of the molecule is CC1(C)CC(C[NH+](CC(=O)O)CC(=O)O)C(C)(C)N1[O]. The molecular formula is C13H24N2O5+. The molecule has 1 radical (unpaired) electrons. The summed E-state index contributed by atoms with van der Waals surface area (Å²) >= 11 is 0. The summed E-state index contributed by atoms with van der Waals surface area (Å²) in [5.74, 6) is -2.10. The van der Waals surface area contributed by atoms with Gasteiger partial charge in [-0.1, -0.05) is 0 Å². The third kappa shape index (κ3) is 3.68. The normalized spacial score (nSPS) is 25.0. The minimum absolute atomic E-state index is 0.0382. The molecule has 0 aliphatic carbocycles. The van der Waals surface area contributed by atoms with Gasteiger partial charge in [-0.2, -0.15) is 0 Å². The predicted molar refractivity (Wildman–Crippen MR) is 69.6 cm³/mol. The number of rotatable bonds is 6. The lowest BCUT2D eigenvalue weighted by molar-refractivity contribution is -0.889. The largest absolute Gasteiger partial charge is 0.477 e. The van der Waals surface area contributed by atoms with E-state index in [1.807, 2.05) is 27.7 Å². The summed E-state index contributed by atoms with van der Waals surface area (Å²) in [6, 6.07) is 0. The number of carboxylic acids is 2. The topological polar surface area (TPSA) is 102 Å². The molecule has 0 aromatic rings.